The molecule has 1 atom stereocenters. The smallest absolute Gasteiger partial charge is 0.209 e. The van der Waals surface area contributed by atoms with Crippen LogP contribution < -0.4 is 5.73 Å². The molecule has 0 bridgehead atoms. The molecule has 0 aromatic heterocycles. The van der Waals surface area contributed by atoms with Crippen LogP contribution in [0.3, 0.4) is 0 Å². The Morgan fingerprint density at radius 1 is 1.50 bits per heavy atom. The molecule has 0 radical (unpaired) electrons. The second-order valence-electron chi connectivity index (χ2n) is 4.15. The van der Waals surface area contributed by atoms with E-state index in [0.717, 1.165) is 6.07 Å². The first-order valence-electron chi connectivity index (χ1n) is 5.32. The fraction of sp³-hybridized carbons (Fsp3) is 0.273. The Labute approximate surface area is 103 Å². The Morgan fingerprint density at radius 3 is 2.72 bits per heavy atom. The molecule has 0 saturated heterocycles. The summed E-state index contributed by atoms with van der Waals surface area (Å²) in [6, 6.07) is 2.39. The van der Waals surface area contributed by atoms with Crippen molar-refractivity contribution in [1.82, 2.24) is 5.01 Å². The molecule has 7 heteroatoms. The number of benzene rings is 1. The number of rotatable bonds is 1. The van der Waals surface area contributed by atoms with Crippen molar-refractivity contribution in [3.8, 4) is 11.5 Å². The van der Waals surface area contributed by atoms with Gasteiger partial charge in [-0.25, -0.2) is 9.40 Å². The van der Waals surface area contributed by atoms with Crippen molar-refractivity contribution < 1.29 is 14.6 Å². The normalized spacial score (nSPS) is 18.9. The van der Waals surface area contributed by atoms with Gasteiger partial charge in [-0.2, -0.15) is 5.10 Å². The molecule has 1 aromatic carbocycles. The van der Waals surface area contributed by atoms with Crippen LogP contribution in [0.2, 0.25) is 0 Å². The predicted molar refractivity (Wildman–Crippen MR) is 64.1 cm³/mol. The SMILES string of the molecule is CC1CN(C(=N)N)N=C1c1ccc(F)c(O)c1O. The molecule has 1 aliphatic rings. The van der Waals surface area contributed by atoms with Crippen molar-refractivity contribution >= 4 is 11.7 Å². The number of phenols is 2. The second kappa shape index (κ2) is 4.17. The van der Waals surface area contributed by atoms with Crippen LogP contribution in [0.25, 0.3) is 0 Å². The molecule has 1 heterocycles. The molecule has 1 aromatic rings. The van der Waals surface area contributed by atoms with Gasteiger partial charge in [-0.1, -0.05) is 6.92 Å². The molecule has 1 aliphatic heterocycles. The maximum absolute atomic E-state index is 13.0. The van der Waals surface area contributed by atoms with E-state index in [2.05, 4.69) is 5.10 Å². The number of hydrazone groups is 1. The molecular weight excluding hydrogens is 239 g/mol. The van der Waals surface area contributed by atoms with Crippen LogP contribution in [0.5, 0.6) is 11.5 Å². The molecular formula is C11H13FN4O2. The van der Waals surface area contributed by atoms with E-state index in [1.54, 1.807) is 0 Å². The molecule has 0 spiro atoms. The first-order chi connectivity index (χ1) is 8.41. The molecule has 0 saturated carbocycles. The van der Waals surface area contributed by atoms with Gasteiger partial charge in [0.25, 0.3) is 0 Å². The van der Waals surface area contributed by atoms with E-state index in [1.807, 2.05) is 6.92 Å². The molecule has 96 valence electrons. The minimum atomic E-state index is -0.897. The lowest BCUT2D eigenvalue weighted by atomic mass is 9.98. The summed E-state index contributed by atoms with van der Waals surface area (Å²) in [4.78, 5) is 0. The molecule has 0 fully saturated rings. The lowest BCUT2D eigenvalue weighted by Crippen LogP contribution is -2.31. The topological polar surface area (TPSA) is 106 Å². The summed E-state index contributed by atoms with van der Waals surface area (Å²) in [5, 5.41) is 31.7. The number of phenolic OH excluding ortho intramolecular Hbond substituents is 2. The Morgan fingerprint density at radius 2 is 2.17 bits per heavy atom. The third-order valence-electron chi connectivity index (χ3n) is 2.80. The maximum atomic E-state index is 13.0. The van der Waals surface area contributed by atoms with Gasteiger partial charge in [0.2, 0.25) is 5.96 Å². The van der Waals surface area contributed by atoms with Crippen LogP contribution in [0.15, 0.2) is 17.2 Å². The Hall–Kier alpha value is -2.31. The van der Waals surface area contributed by atoms with Crippen LogP contribution in [0.1, 0.15) is 12.5 Å². The van der Waals surface area contributed by atoms with Crippen molar-refractivity contribution in [1.29, 1.82) is 5.41 Å². The highest BCUT2D eigenvalue weighted by atomic mass is 19.1. The van der Waals surface area contributed by atoms with Gasteiger partial charge in [0.1, 0.15) is 0 Å². The van der Waals surface area contributed by atoms with Gasteiger partial charge in [0.15, 0.2) is 17.3 Å². The van der Waals surface area contributed by atoms with Crippen LogP contribution in [0, 0.1) is 17.1 Å². The zero-order valence-corrected chi connectivity index (χ0v) is 9.68. The fourth-order valence-corrected chi connectivity index (χ4v) is 1.85. The van der Waals surface area contributed by atoms with Crippen molar-refractivity contribution in [2.45, 2.75) is 6.92 Å². The molecule has 18 heavy (non-hydrogen) atoms. The van der Waals surface area contributed by atoms with Crippen molar-refractivity contribution in [2.24, 2.45) is 16.8 Å². The van der Waals surface area contributed by atoms with E-state index in [4.69, 9.17) is 11.1 Å². The van der Waals surface area contributed by atoms with E-state index in [1.165, 1.54) is 11.1 Å². The number of halogens is 1. The van der Waals surface area contributed by atoms with Crippen molar-refractivity contribution in [3.63, 3.8) is 0 Å². The number of nitrogens with one attached hydrogen (secondary N) is 1. The molecule has 6 nitrogen and oxygen atoms in total. The predicted octanol–water partition coefficient (Wildman–Crippen LogP) is 0.786. The summed E-state index contributed by atoms with van der Waals surface area (Å²) in [7, 11) is 0. The van der Waals surface area contributed by atoms with E-state index >= 15 is 0 Å². The lowest BCUT2D eigenvalue weighted by molar-refractivity contribution is 0.378. The summed E-state index contributed by atoms with van der Waals surface area (Å²) in [6.45, 7) is 2.24. The monoisotopic (exact) mass is 252 g/mol. The average Bonchev–Trinajstić information content (AvgIpc) is 2.69. The van der Waals surface area contributed by atoms with Crippen molar-refractivity contribution in [2.75, 3.05) is 6.54 Å². The fourth-order valence-electron chi connectivity index (χ4n) is 1.85. The first kappa shape index (κ1) is 12.2. The lowest BCUT2D eigenvalue weighted by Gasteiger charge is -2.10. The highest BCUT2D eigenvalue weighted by molar-refractivity contribution is 6.06. The summed E-state index contributed by atoms with van der Waals surface area (Å²) < 4.78 is 13.0. The zero-order chi connectivity index (χ0) is 13.4. The van der Waals surface area contributed by atoms with Crippen LogP contribution >= 0.6 is 0 Å². The summed E-state index contributed by atoms with van der Waals surface area (Å²) in [5.41, 5.74) is 6.02. The summed E-state index contributed by atoms with van der Waals surface area (Å²) in [5.74, 6) is -2.55. The third-order valence-corrected chi connectivity index (χ3v) is 2.80. The van der Waals surface area contributed by atoms with Gasteiger partial charge in [0.05, 0.1) is 12.3 Å². The van der Waals surface area contributed by atoms with E-state index in [-0.39, 0.29) is 17.4 Å². The van der Waals surface area contributed by atoms with Crippen LogP contribution in [0.4, 0.5) is 4.39 Å². The van der Waals surface area contributed by atoms with Crippen LogP contribution in [-0.4, -0.2) is 33.4 Å². The summed E-state index contributed by atoms with van der Waals surface area (Å²) in [6.07, 6.45) is 0. The largest absolute Gasteiger partial charge is 0.504 e. The zero-order valence-electron chi connectivity index (χ0n) is 9.68. The molecule has 0 amide bonds. The minimum absolute atomic E-state index is 0.0929. The van der Waals surface area contributed by atoms with E-state index < -0.39 is 17.3 Å². The highest BCUT2D eigenvalue weighted by Gasteiger charge is 2.28. The van der Waals surface area contributed by atoms with Gasteiger partial charge in [-0.15, -0.1) is 0 Å². The molecule has 2 rings (SSSR count). The Balaban J connectivity index is 2.47. The first-order valence-corrected chi connectivity index (χ1v) is 5.32. The highest BCUT2D eigenvalue weighted by Crippen LogP contribution is 2.34. The van der Waals surface area contributed by atoms with Crippen LogP contribution in [-0.2, 0) is 0 Å². The van der Waals surface area contributed by atoms with Gasteiger partial charge in [-0.05, 0) is 12.1 Å². The summed E-state index contributed by atoms with van der Waals surface area (Å²) >= 11 is 0. The molecule has 1 unspecified atom stereocenters. The minimum Gasteiger partial charge on any atom is -0.504 e. The Bertz CT molecular complexity index is 544. The quantitative estimate of drug-likeness (QED) is 0.337. The number of nitrogens with two attached hydrogens (primary N) is 1. The van der Waals surface area contributed by atoms with E-state index in [0.29, 0.717) is 12.3 Å². The maximum Gasteiger partial charge on any atom is 0.209 e. The molecule has 5 N–H and O–H groups in total. The number of hydrogen-bond acceptors (Lipinski definition) is 4. The van der Waals surface area contributed by atoms with E-state index in [9.17, 15) is 14.6 Å². The van der Waals surface area contributed by atoms with Gasteiger partial charge < -0.3 is 15.9 Å². The average molecular weight is 252 g/mol. The number of guanidine groups is 1. The van der Waals surface area contributed by atoms with Crippen molar-refractivity contribution in [3.05, 3.63) is 23.5 Å². The molecule has 0 aliphatic carbocycles. The number of hydrogen-bond donors (Lipinski definition) is 4. The standard InChI is InChI=1S/C11H13FN4O2/c1-5-4-16(11(13)14)15-8(5)6-2-3-7(12)10(18)9(6)17/h2-3,5,17-18H,4H2,1H3,(H3,13,14). The van der Waals surface area contributed by atoms with Gasteiger partial charge >= 0.3 is 0 Å². The second-order valence-corrected chi connectivity index (χ2v) is 4.15. The number of nitrogens with zero attached hydrogens (tertiary/aromatic N) is 2. The van der Waals surface area contributed by atoms with Gasteiger partial charge in [-0.3, -0.25) is 5.41 Å². The number of aromatic hydroxyl groups is 2. The third kappa shape index (κ3) is 1.83. The van der Waals surface area contributed by atoms with Gasteiger partial charge in [0, 0.05) is 11.5 Å². The Kier molecular flexibility index (Phi) is 2.82.